The number of rotatable bonds is 7. The van der Waals surface area contributed by atoms with E-state index in [0.29, 0.717) is 5.75 Å². The van der Waals surface area contributed by atoms with Crippen LogP contribution in [0.15, 0.2) is 48.5 Å². The minimum absolute atomic E-state index is 0.0397. The van der Waals surface area contributed by atoms with Crippen molar-refractivity contribution in [3.8, 4) is 5.75 Å². The highest BCUT2D eigenvalue weighted by molar-refractivity contribution is 5.78. The average molecular weight is 331 g/mol. The number of nitrogens with one attached hydrogen (secondary N) is 1. The molecule has 0 aliphatic rings. The summed E-state index contributed by atoms with van der Waals surface area (Å²) in [5.74, 6) is -0.0217. The summed E-state index contributed by atoms with van der Waals surface area (Å²) < 4.78 is 19.2. The zero-order chi connectivity index (χ0) is 17.5. The van der Waals surface area contributed by atoms with Crippen LogP contribution in [0.5, 0.6) is 5.75 Å². The zero-order valence-corrected chi connectivity index (χ0v) is 13.8. The first-order valence-corrected chi connectivity index (χ1v) is 7.90. The quantitative estimate of drug-likeness (QED) is 0.820. The minimum Gasteiger partial charge on any atom is -0.491 e. The summed E-state index contributed by atoms with van der Waals surface area (Å²) in [4.78, 5) is 12.0. The van der Waals surface area contributed by atoms with Crippen molar-refractivity contribution in [3.63, 3.8) is 0 Å². The van der Waals surface area contributed by atoms with Crippen LogP contribution < -0.4 is 10.1 Å². The van der Waals surface area contributed by atoms with Gasteiger partial charge in [-0.05, 0) is 37.6 Å². The Kier molecular flexibility index (Phi) is 6.32. The predicted molar refractivity (Wildman–Crippen MR) is 90.3 cm³/mol. The van der Waals surface area contributed by atoms with E-state index in [-0.39, 0.29) is 30.5 Å². The van der Waals surface area contributed by atoms with Gasteiger partial charge in [-0.1, -0.05) is 30.3 Å². The van der Waals surface area contributed by atoms with Gasteiger partial charge in [-0.25, -0.2) is 4.39 Å². The molecule has 0 aliphatic heterocycles. The fourth-order valence-electron chi connectivity index (χ4n) is 2.31. The van der Waals surface area contributed by atoms with Crippen LogP contribution in [0, 0.1) is 5.82 Å². The molecular weight excluding hydrogens is 309 g/mol. The molecular formula is C19H22FNO3. The molecule has 0 bridgehead atoms. The lowest BCUT2D eigenvalue weighted by Crippen LogP contribution is -2.30. The van der Waals surface area contributed by atoms with Crippen molar-refractivity contribution in [2.75, 3.05) is 6.54 Å². The number of aliphatic hydroxyl groups is 1. The molecule has 1 amide bonds. The summed E-state index contributed by atoms with van der Waals surface area (Å²) in [6.07, 6.45) is -0.852. The second-order valence-corrected chi connectivity index (χ2v) is 5.83. The molecule has 128 valence electrons. The minimum atomic E-state index is -1.08. The zero-order valence-electron chi connectivity index (χ0n) is 13.8. The number of carbonyl (C=O) groups excluding carboxylic acids is 1. The molecule has 2 aromatic rings. The van der Waals surface area contributed by atoms with Gasteiger partial charge < -0.3 is 15.2 Å². The molecule has 2 rings (SSSR count). The Morgan fingerprint density at radius 2 is 1.96 bits per heavy atom. The standard InChI is InChI=1S/C19H22FNO3/c1-13(2)24-15-7-5-6-14(10-15)11-19(23)21-12-18(22)16-8-3-4-9-17(16)20/h3-10,13,18,22H,11-12H2,1-2H3,(H,21,23). The fourth-order valence-corrected chi connectivity index (χ4v) is 2.31. The molecule has 4 nitrogen and oxygen atoms in total. The third-order valence-electron chi connectivity index (χ3n) is 3.39. The highest BCUT2D eigenvalue weighted by Gasteiger charge is 2.13. The topological polar surface area (TPSA) is 58.6 Å². The van der Waals surface area contributed by atoms with Crippen molar-refractivity contribution < 1.29 is 19.0 Å². The third kappa shape index (κ3) is 5.35. The van der Waals surface area contributed by atoms with Crippen LogP contribution in [-0.4, -0.2) is 23.7 Å². The van der Waals surface area contributed by atoms with Crippen molar-refractivity contribution in [1.82, 2.24) is 5.32 Å². The van der Waals surface area contributed by atoms with Crippen LogP contribution in [0.4, 0.5) is 4.39 Å². The van der Waals surface area contributed by atoms with Crippen molar-refractivity contribution in [2.24, 2.45) is 0 Å². The number of hydrogen-bond acceptors (Lipinski definition) is 3. The van der Waals surface area contributed by atoms with Gasteiger partial charge in [0.15, 0.2) is 0 Å². The predicted octanol–water partition coefficient (Wildman–Crippen LogP) is 3.01. The smallest absolute Gasteiger partial charge is 0.224 e. The van der Waals surface area contributed by atoms with Gasteiger partial charge in [0, 0.05) is 12.1 Å². The first-order chi connectivity index (χ1) is 11.5. The van der Waals surface area contributed by atoms with Crippen molar-refractivity contribution in [1.29, 1.82) is 0 Å². The Morgan fingerprint density at radius 1 is 1.21 bits per heavy atom. The largest absolute Gasteiger partial charge is 0.491 e. The van der Waals surface area contributed by atoms with Crippen molar-refractivity contribution in [2.45, 2.75) is 32.5 Å². The normalized spacial score (nSPS) is 12.0. The number of hydrogen-bond donors (Lipinski definition) is 2. The lowest BCUT2D eigenvalue weighted by Gasteiger charge is -2.13. The van der Waals surface area contributed by atoms with Crippen LogP contribution in [-0.2, 0) is 11.2 Å². The van der Waals surface area contributed by atoms with E-state index in [1.165, 1.54) is 12.1 Å². The number of carbonyl (C=O) groups is 1. The first kappa shape index (κ1) is 17.9. The molecule has 0 saturated carbocycles. The van der Waals surface area contributed by atoms with E-state index in [0.717, 1.165) is 5.56 Å². The molecule has 0 radical (unpaired) electrons. The molecule has 0 saturated heterocycles. The molecule has 0 spiro atoms. The molecule has 0 fully saturated rings. The molecule has 5 heteroatoms. The summed E-state index contributed by atoms with van der Waals surface area (Å²) in [6.45, 7) is 3.83. The van der Waals surface area contributed by atoms with E-state index < -0.39 is 11.9 Å². The van der Waals surface area contributed by atoms with Crippen molar-refractivity contribution in [3.05, 3.63) is 65.5 Å². The number of ether oxygens (including phenoxy) is 1. The molecule has 1 unspecified atom stereocenters. The van der Waals surface area contributed by atoms with Crippen LogP contribution in [0.2, 0.25) is 0 Å². The summed E-state index contributed by atoms with van der Waals surface area (Å²) >= 11 is 0. The van der Waals surface area contributed by atoms with Gasteiger partial charge in [-0.2, -0.15) is 0 Å². The third-order valence-corrected chi connectivity index (χ3v) is 3.39. The number of aliphatic hydroxyl groups excluding tert-OH is 1. The maximum Gasteiger partial charge on any atom is 0.224 e. The highest BCUT2D eigenvalue weighted by Crippen LogP contribution is 2.17. The van der Waals surface area contributed by atoms with Gasteiger partial charge >= 0.3 is 0 Å². The van der Waals surface area contributed by atoms with Crippen molar-refractivity contribution >= 4 is 5.91 Å². The maximum atomic E-state index is 13.6. The number of benzene rings is 2. The summed E-state index contributed by atoms with van der Waals surface area (Å²) in [6, 6.07) is 13.3. The lowest BCUT2D eigenvalue weighted by atomic mass is 10.1. The summed E-state index contributed by atoms with van der Waals surface area (Å²) in [7, 11) is 0. The SMILES string of the molecule is CC(C)Oc1cccc(CC(=O)NCC(O)c2ccccc2F)c1. The van der Waals surface area contributed by atoms with Gasteiger partial charge in [0.25, 0.3) is 0 Å². The maximum absolute atomic E-state index is 13.6. The van der Waals surface area contributed by atoms with Gasteiger partial charge in [-0.3, -0.25) is 4.79 Å². The molecule has 0 aromatic heterocycles. The summed E-state index contributed by atoms with van der Waals surface area (Å²) in [5.41, 5.74) is 0.983. The first-order valence-electron chi connectivity index (χ1n) is 7.90. The highest BCUT2D eigenvalue weighted by atomic mass is 19.1. The van der Waals surface area contributed by atoms with E-state index in [1.807, 2.05) is 38.1 Å². The molecule has 24 heavy (non-hydrogen) atoms. The second-order valence-electron chi connectivity index (χ2n) is 5.83. The van der Waals surface area contributed by atoms with E-state index in [4.69, 9.17) is 4.74 Å². The van der Waals surface area contributed by atoms with E-state index in [1.54, 1.807) is 12.1 Å². The van der Waals surface area contributed by atoms with Crippen LogP contribution in [0.25, 0.3) is 0 Å². The Bertz CT molecular complexity index is 688. The van der Waals surface area contributed by atoms with Gasteiger partial charge in [0.2, 0.25) is 5.91 Å². The fraction of sp³-hybridized carbons (Fsp3) is 0.316. The van der Waals surface area contributed by atoms with E-state index in [2.05, 4.69) is 5.32 Å². The monoisotopic (exact) mass is 331 g/mol. The summed E-state index contributed by atoms with van der Waals surface area (Å²) in [5, 5.41) is 12.6. The van der Waals surface area contributed by atoms with Gasteiger partial charge in [0.05, 0.1) is 18.6 Å². The van der Waals surface area contributed by atoms with Crippen LogP contribution >= 0.6 is 0 Å². The van der Waals surface area contributed by atoms with E-state index in [9.17, 15) is 14.3 Å². The molecule has 2 aromatic carbocycles. The van der Waals surface area contributed by atoms with Crippen LogP contribution in [0.1, 0.15) is 31.1 Å². The molecule has 0 aliphatic carbocycles. The number of halogens is 1. The Hall–Kier alpha value is -2.40. The van der Waals surface area contributed by atoms with Gasteiger partial charge in [-0.15, -0.1) is 0 Å². The second kappa shape index (κ2) is 8.45. The molecule has 2 N–H and O–H groups in total. The van der Waals surface area contributed by atoms with E-state index >= 15 is 0 Å². The Labute approximate surface area is 141 Å². The Morgan fingerprint density at radius 3 is 2.67 bits per heavy atom. The number of amides is 1. The Balaban J connectivity index is 1.88. The lowest BCUT2D eigenvalue weighted by molar-refractivity contribution is -0.120. The molecule has 1 atom stereocenters. The average Bonchev–Trinajstić information content (AvgIpc) is 2.53. The van der Waals surface area contributed by atoms with Gasteiger partial charge in [0.1, 0.15) is 11.6 Å². The van der Waals surface area contributed by atoms with Crippen LogP contribution in [0.3, 0.4) is 0 Å². The molecule has 0 heterocycles.